The van der Waals surface area contributed by atoms with Gasteiger partial charge in [-0.1, -0.05) is 20.8 Å². The summed E-state index contributed by atoms with van der Waals surface area (Å²) in [6, 6.07) is 0. The van der Waals surface area contributed by atoms with Gasteiger partial charge in [0.2, 0.25) is 0 Å². The summed E-state index contributed by atoms with van der Waals surface area (Å²) in [4.78, 5) is 8.32. The number of aliphatic hydroxyl groups is 1. The molecule has 1 aliphatic rings. The molecule has 3 nitrogen and oxygen atoms in total. The van der Waals surface area contributed by atoms with E-state index in [-0.39, 0.29) is 6.61 Å². The van der Waals surface area contributed by atoms with Crippen molar-refractivity contribution < 1.29 is 5.11 Å². The van der Waals surface area contributed by atoms with E-state index in [9.17, 15) is 5.11 Å². The molecule has 2 rings (SSSR count). The maximum Gasteiger partial charge on any atom is 0.0944 e. The molecule has 0 saturated carbocycles. The van der Waals surface area contributed by atoms with Crippen molar-refractivity contribution in [2.75, 3.05) is 19.6 Å². The molecule has 0 radical (unpaired) electrons. The van der Waals surface area contributed by atoms with Gasteiger partial charge >= 0.3 is 0 Å². The minimum absolute atomic E-state index is 0.131. The van der Waals surface area contributed by atoms with Gasteiger partial charge in [-0.15, -0.1) is 11.3 Å². The Balaban J connectivity index is 1.89. The van der Waals surface area contributed by atoms with Gasteiger partial charge in [0.1, 0.15) is 0 Å². The van der Waals surface area contributed by atoms with Crippen molar-refractivity contribution in [1.29, 1.82) is 0 Å². The van der Waals surface area contributed by atoms with Crippen molar-refractivity contribution >= 4 is 11.3 Å². The monoisotopic (exact) mass is 282 g/mol. The van der Waals surface area contributed by atoms with Crippen molar-refractivity contribution in [1.82, 2.24) is 9.88 Å². The highest BCUT2D eigenvalue weighted by atomic mass is 32.1. The van der Waals surface area contributed by atoms with Crippen LogP contribution in [0.1, 0.15) is 55.1 Å². The highest BCUT2D eigenvalue weighted by molar-refractivity contribution is 7.11. The van der Waals surface area contributed by atoms with Crippen LogP contribution in [0.25, 0.3) is 0 Å². The summed E-state index contributed by atoms with van der Waals surface area (Å²) in [7, 11) is 0. The van der Waals surface area contributed by atoms with E-state index in [4.69, 9.17) is 4.98 Å². The Morgan fingerprint density at radius 1 is 1.37 bits per heavy atom. The quantitative estimate of drug-likeness (QED) is 0.902. The summed E-state index contributed by atoms with van der Waals surface area (Å²) < 4.78 is 0. The molecule has 2 heterocycles. The van der Waals surface area contributed by atoms with Crippen LogP contribution in [0.5, 0.6) is 0 Å². The minimum Gasteiger partial charge on any atom is -0.391 e. The maximum absolute atomic E-state index is 9.39. The van der Waals surface area contributed by atoms with Crippen LogP contribution in [0.15, 0.2) is 0 Å². The standard InChI is InChI=1S/C15H26N2OS/c1-11(2)15-13(10-18)19-14(16-15)6-9-17-7-4-12(3)5-8-17/h11-12,18H,4-10H2,1-3H3. The maximum atomic E-state index is 9.39. The van der Waals surface area contributed by atoms with E-state index >= 15 is 0 Å². The van der Waals surface area contributed by atoms with Crippen LogP contribution >= 0.6 is 11.3 Å². The Morgan fingerprint density at radius 3 is 2.58 bits per heavy atom. The molecule has 0 amide bonds. The van der Waals surface area contributed by atoms with Crippen LogP contribution in [0.4, 0.5) is 0 Å². The Bertz CT molecular complexity index is 395. The van der Waals surface area contributed by atoms with Crippen molar-refractivity contribution in [3.63, 3.8) is 0 Å². The second kappa shape index (κ2) is 6.82. The van der Waals surface area contributed by atoms with E-state index in [1.807, 2.05) is 0 Å². The molecule has 1 aromatic heterocycles. The molecule has 108 valence electrons. The van der Waals surface area contributed by atoms with Gasteiger partial charge in [0.25, 0.3) is 0 Å². The molecule has 1 aliphatic heterocycles. The van der Waals surface area contributed by atoms with E-state index in [0.29, 0.717) is 5.92 Å². The molecular formula is C15H26N2OS. The van der Waals surface area contributed by atoms with Crippen LogP contribution in [0, 0.1) is 5.92 Å². The van der Waals surface area contributed by atoms with Gasteiger partial charge in [-0.25, -0.2) is 4.98 Å². The van der Waals surface area contributed by atoms with Gasteiger partial charge in [-0.3, -0.25) is 0 Å². The predicted molar refractivity (Wildman–Crippen MR) is 80.7 cm³/mol. The van der Waals surface area contributed by atoms with Gasteiger partial charge in [0.05, 0.1) is 22.2 Å². The molecule has 0 bridgehead atoms. The number of likely N-dealkylation sites (tertiary alicyclic amines) is 1. The molecule has 0 aliphatic carbocycles. The molecule has 4 heteroatoms. The van der Waals surface area contributed by atoms with E-state index in [0.717, 1.165) is 29.5 Å². The van der Waals surface area contributed by atoms with E-state index in [2.05, 4.69) is 25.7 Å². The van der Waals surface area contributed by atoms with Crippen molar-refractivity contribution in [3.05, 3.63) is 15.6 Å². The molecule has 1 N–H and O–H groups in total. The largest absolute Gasteiger partial charge is 0.391 e. The third kappa shape index (κ3) is 4.01. The van der Waals surface area contributed by atoms with Gasteiger partial charge in [0.15, 0.2) is 0 Å². The van der Waals surface area contributed by atoms with Crippen LogP contribution in [-0.4, -0.2) is 34.6 Å². The number of rotatable bonds is 5. The third-order valence-electron chi connectivity index (χ3n) is 3.98. The average Bonchev–Trinajstić information content (AvgIpc) is 2.81. The van der Waals surface area contributed by atoms with Gasteiger partial charge in [-0.2, -0.15) is 0 Å². The lowest BCUT2D eigenvalue weighted by Gasteiger charge is -2.29. The first-order valence-electron chi connectivity index (χ1n) is 7.41. The van der Waals surface area contributed by atoms with Gasteiger partial charge < -0.3 is 10.0 Å². The van der Waals surface area contributed by atoms with Gasteiger partial charge in [-0.05, 0) is 37.8 Å². The fourth-order valence-electron chi connectivity index (χ4n) is 2.62. The average molecular weight is 282 g/mol. The summed E-state index contributed by atoms with van der Waals surface area (Å²) >= 11 is 1.69. The Morgan fingerprint density at radius 2 is 2.05 bits per heavy atom. The van der Waals surface area contributed by atoms with Crippen LogP contribution in [0.3, 0.4) is 0 Å². The number of aliphatic hydroxyl groups excluding tert-OH is 1. The summed E-state index contributed by atoms with van der Waals surface area (Å²) in [5.74, 6) is 1.30. The molecule has 0 aromatic carbocycles. The summed E-state index contributed by atoms with van der Waals surface area (Å²) in [6.45, 7) is 10.3. The van der Waals surface area contributed by atoms with Crippen molar-refractivity contribution in [2.45, 2.75) is 52.6 Å². The van der Waals surface area contributed by atoms with Crippen LogP contribution in [0.2, 0.25) is 0 Å². The number of hydrogen-bond acceptors (Lipinski definition) is 4. The van der Waals surface area contributed by atoms with Crippen LogP contribution in [-0.2, 0) is 13.0 Å². The number of piperidine rings is 1. The second-order valence-electron chi connectivity index (χ2n) is 6.00. The number of hydrogen-bond donors (Lipinski definition) is 1. The zero-order valence-electron chi connectivity index (χ0n) is 12.4. The first-order chi connectivity index (χ1) is 9.10. The molecule has 0 spiro atoms. The van der Waals surface area contributed by atoms with E-state index in [1.165, 1.54) is 30.9 Å². The lowest BCUT2D eigenvalue weighted by Crippen LogP contribution is -2.34. The topological polar surface area (TPSA) is 36.4 Å². The van der Waals surface area contributed by atoms with Crippen molar-refractivity contribution in [3.8, 4) is 0 Å². The SMILES string of the molecule is CC1CCN(CCc2nc(C(C)C)c(CO)s2)CC1. The van der Waals surface area contributed by atoms with Crippen molar-refractivity contribution in [2.24, 2.45) is 5.92 Å². The van der Waals surface area contributed by atoms with Gasteiger partial charge in [0, 0.05) is 13.0 Å². The van der Waals surface area contributed by atoms with Crippen LogP contribution < -0.4 is 0 Å². The zero-order chi connectivity index (χ0) is 13.8. The number of thiazole rings is 1. The fraction of sp³-hybridized carbons (Fsp3) is 0.800. The zero-order valence-corrected chi connectivity index (χ0v) is 13.2. The Kier molecular flexibility index (Phi) is 5.37. The second-order valence-corrected chi connectivity index (χ2v) is 7.17. The highest BCUT2D eigenvalue weighted by Gasteiger charge is 2.17. The summed E-state index contributed by atoms with van der Waals surface area (Å²) in [6.07, 6.45) is 3.69. The Labute approximate surface area is 120 Å². The minimum atomic E-state index is 0.131. The molecule has 0 unspecified atom stereocenters. The smallest absolute Gasteiger partial charge is 0.0944 e. The molecule has 1 saturated heterocycles. The first-order valence-corrected chi connectivity index (χ1v) is 8.23. The molecule has 1 fully saturated rings. The fourth-order valence-corrected chi connectivity index (χ4v) is 3.70. The predicted octanol–water partition coefficient (Wildman–Crippen LogP) is 3.03. The molecular weight excluding hydrogens is 256 g/mol. The summed E-state index contributed by atoms with van der Waals surface area (Å²) in [5, 5.41) is 10.6. The normalized spacial score (nSPS) is 18.4. The van der Waals surface area contributed by atoms with E-state index in [1.54, 1.807) is 11.3 Å². The molecule has 19 heavy (non-hydrogen) atoms. The number of nitrogens with zero attached hydrogens (tertiary/aromatic N) is 2. The Hall–Kier alpha value is -0.450. The summed E-state index contributed by atoms with van der Waals surface area (Å²) in [5.41, 5.74) is 1.09. The number of aromatic nitrogens is 1. The first kappa shape index (κ1) is 14.9. The highest BCUT2D eigenvalue weighted by Crippen LogP contribution is 2.26. The molecule has 1 aromatic rings. The third-order valence-corrected chi connectivity index (χ3v) is 5.10. The lowest BCUT2D eigenvalue weighted by molar-refractivity contribution is 0.194. The lowest BCUT2D eigenvalue weighted by atomic mass is 9.99. The van der Waals surface area contributed by atoms with E-state index < -0.39 is 0 Å². The molecule has 0 atom stereocenters.